The summed E-state index contributed by atoms with van der Waals surface area (Å²) in [6.45, 7) is 0.899. The maximum absolute atomic E-state index is 11.7. The molecule has 1 aromatic heterocycles. The normalized spacial score (nSPS) is 10.6. The Kier molecular flexibility index (Phi) is 6.69. The second kappa shape index (κ2) is 8.66. The van der Waals surface area contributed by atoms with Gasteiger partial charge in [0.25, 0.3) is 5.91 Å². The number of nitriles is 1. The Hall–Kier alpha value is -2.39. The first kappa shape index (κ1) is 14.7. The number of aliphatic hydroxyl groups is 1. The van der Waals surface area contributed by atoms with Crippen LogP contribution in [-0.2, 0) is 11.3 Å². The van der Waals surface area contributed by atoms with E-state index in [2.05, 4.69) is 15.6 Å². The molecule has 0 bridgehead atoms. The van der Waals surface area contributed by atoms with Crippen LogP contribution in [0.5, 0.6) is 0 Å². The second-order valence-corrected chi connectivity index (χ2v) is 3.75. The van der Waals surface area contributed by atoms with Crippen LogP contribution in [0.2, 0.25) is 0 Å². The Bertz CT molecular complexity index is 465. The zero-order valence-electron chi connectivity index (χ0n) is 10.5. The Morgan fingerprint density at radius 3 is 3.05 bits per heavy atom. The molecule has 0 unspecified atom stereocenters. The molecule has 3 N–H and O–H groups in total. The van der Waals surface area contributed by atoms with Crippen molar-refractivity contribution >= 4 is 5.91 Å². The second-order valence-electron chi connectivity index (χ2n) is 3.75. The number of nitrogens with one attached hydrogen (secondary N) is 2. The van der Waals surface area contributed by atoms with E-state index in [9.17, 15) is 4.79 Å². The van der Waals surface area contributed by atoms with Crippen LogP contribution in [0.1, 0.15) is 12.0 Å². The summed E-state index contributed by atoms with van der Waals surface area (Å²) in [5, 5.41) is 22.9. The molecule has 100 valence electrons. The van der Waals surface area contributed by atoms with Crippen molar-refractivity contribution in [3.63, 3.8) is 0 Å². The summed E-state index contributed by atoms with van der Waals surface area (Å²) in [5.74, 6) is -0.442. The van der Waals surface area contributed by atoms with E-state index >= 15 is 0 Å². The van der Waals surface area contributed by atoms with Crippen molar-refractivity contribution < 1.29 is 9.90 Å². The van der Waals surface area contributed by atoms with Crippen LogP contribution >= 0.6 is 0 Å². The number of aromatic nitrogens is 1. The lowest BCUT2D eigenvalue weighted by atomic mass is 10.2. The minimum absolute atomic E-state index is 0.00169. The standard InChI is InChI=1S/C13H16N4O2/c14-7-12(10-16-5-2-6-18)13(19)17-9-11-3-1-4-15-8-11/h1,3-4,8,10,16,18H,2,5-6,9H2,(H,17,19)/b12-10-. The highest BCUT2D eigenvalue weighted by molar-refractivity contribution is 5.97. The molecular formula is C13H16N4O2. The van der Waals surface area contributed by atoms with Crippen molar-refractivity contribution in [2.24, 2.45) is 0 Å². The summed E-state index contributed by atoms with van der Waals surface area (Å²) in [6.07, 6.45) is 5.22. The first-order valence-corrected chi connectivity index (χ1v) is 5.89. The van der Waals surface area contributed by atoms with Crippen molar-refractivity contribution in [2.75, 3.05) is 13.2 Å². The number of carbonyl (C=O) groups is 1. The molecule has 1 aromatic rings. The van der Waals surface area contributed by atoms with Gasteiger partial charge in [0.1, 0.15) is 11.6 Å². The average molecular weight is 260 g/mol. The predicted molar refractivity (Wildman–Crippen MR) is 69.5 cm³/mol. The SMILES string of the molecule is N#C/C(=C/NCCCO)C(=O)NCc1cccnc1. The molecule has 1 amide bonds. The minimum Gasteiger partial charge on any atom is -0.396 e. The number of hydrogen-bond acceptors (Lipinski definition) is 5. The summed E-state index contributed by atoms with van der Waals surface area (Å²) in [4.78, 5) is 15.6. The first-order chi connectivity index (χ1) is 9.27. The molecule has 0 atom stereocenters. The zero-order valence-corrected chi connectivity index (χ0v) is 10.5. The van der Waals surface area contributed by atoms with Gasteiger partial charge in [-0.2, -0.15) is 5.26 Å². The highest BCUT2D eigenvalue weighted by Gasteiger charge is 2.07. The van der Waals surface area contributed by atoms with E-state index in [1.807, 2.05) is 12.1 Å². The number of aliphatic hydroxyl groups excluding tert-OH is 1. The molecule has 0 aromatic carbocycles. The Morgan fingerprint density at radius 2 is 2.42 bits per heavy atom. The van der Waals surface area contributed by atoms with Gasteiger partial charge in [-0.1, -0.05) is 6.07 Å². The van der Waals surface area contributed by atoms with E-state index in [1.54, 1.807) is 18.5 Å². The Morgan fingerprint density at radius 1 is 1.58 bits per heavy atom. The number of pyridine rings is 1. The maximum Gasteiger partial charge on any atom is 0.263 e. The van der Waals surface area contributed by atoms with Gasteiger partial charge < -0.3 is 15.7 Å². The van der Waals surface area contributed by atoms with Gasteiger partial charge in [-0.3, -0.25) is 9.78 Å². The summed E-state index contributed by atoms with van der Waals surface area (Å²) in [6, 6.07) is 5.44. The van der Waals surface area contributed by atoms with Crippen molar-refractivity contribution in [1.29, 1.82) is 5.26 Å². The molecule has 6 nitrogen and oxygen atoms in total. The van der Waals surface area contributed by atoms with Crippen LogP contribution < -0.4 is 10.6 Å². The molecule has 1 heterocycles. The predicted octanol–water partition coefficient (Wildman–Crippen LogP) is 0.0773. The van der Waals surface area contributed by atoms with Crippen LogP contribution in [0.25, 0.3) is 0 Å². The molecule has 0 aliphatic rings. The van der Waals surface area contributed by atoms with E-state index in [0.717, 1.165) is 5.56 Å². The fraction of sp³-hybridized carbons (Fsp3) is 0.308. The van der Waals surface area contributed by atoms with Crippen LogP contribution in [0.15, 0.2) is 36.3 Å². The average Bonchev–Trinajstić information content (AvgIpc) is 2.46. The first-order valence-electron chi connectivity index (χ1n) is 5.89. The molecule has 0 aliphatic carbocycles. The van der Waals surface area contributed by atoms with Crippen molar-refractivity contribution in [3.05, 3.63) is 41.9 Å². The van der Waals surface area contributed by atoms with Crippen LogP contribution in [0, 0.1) is 11.3 Å². The maximum atomic E-state index is 11.7. The number of rotatable bonds is 7. The monoisotopic (exact) mass is 260 g/mol. The van der Waals surface area contributed by atoms with Gasteiger partial charge in [-0.25, -0.2) is 0 Å². The van der Waals surface area contributed by atoms with E-state index in [-0.39, 0.29) is 12.2 Å². The van der Waals surface area contributed by atoms with Gasteiger partial charge in [0.2, 0.25) is 0 Å². The lowest BCUT2D eigenvalue weighted by Gasteiger charge is -2.04. The van der Waals surface area contributed by atoms with E-state index < -0.39 is 5.91 Å². The topological polar surface area (TPSA) is 98.0 Å². The van der Waals surface area contributed by atoms with Crippen LogP contribution in [0.3, 0.4) is 0 Å². The van der Waals surface area contributed by atoms with Gasteiger partial charge in [0, 0.05) is 38.3 Å². The largest absolute Gasteiger partial charge is 0.396 e. The third kappa shape index (κ3) is 5.66. The lowest BCUT2D eigenvalue weighted by molar-refractivity contribution is -0.117. The highest BCUT2D eigenvalue weighted by atomic mass is 16.3. The lowest BCUT2D eigenvalue weighted by Crippen LogP contribution is -2.25. The summed E-state index contributed by atoms with van der Waals surface area (Å²) in [7, 11) is 0. The van der Waals surface area contributed by atoms with Crippen LogP contribution in [-0.4, -0.2) is 29.1 Å². The minimum atomic E-state index is -0.442. The van der Waals surface area contributed by atoms with Gasteiger partial charge in [0.05, 0.1) is 0 Å². The molecule has 0 saturated carbocycles. The molecule has 6 heteroatoms. The zero-order chi connectivity index (χ0) is 13.9. The van der Waals surface area contributed by atoms with Gasteiger partial charge in [-0.05, 0) is 18.1 Å². The Balaban J connectivity index is 2.44. The van der Waals surface area contributed by atoms with Crippen molar-refractivity contribution in [2.45, 2.75) is 13.0 Å². The van der Waals surface area contributed by atoms with E-state index in [4.69, 9.17) is 10.4 Å². The smallest absolute Gasteiger partial charge is 0.263 e. The fourth-order valence-corrected chi connectivity index (χ4v) is 1.28. The number of hydrogen-bond donors (Lipinski definition) is 3. The molecule has 0 fully saturated rings. The van der Waals surface area contributed by atoms with Crippen molar-refractivity contribution in [3.8, 4) is 6.07 Å². The number of carbonyl (C=O) groups excluding carboxylic acids is 1. The summed E-state index contributed by atoms with van der Waals surface area (Å²) < 4.78 is 0. The Labute approximate surface area is 111 Å². The molecular weight excluding hydrogens is 244 g/mol. The third-order valence-corrected chi connectivity index (χ3v) is 2.27. The molecule has 19 heavy (non-hydrogen) atoms. The fourth-order valence-electron chi connectivity index (χ4n) is 1.28. The number of amides is 1. The quantitative estimate of drug-likeness (QED) is 0.366. The van der Waals surface area contributed by atoms with Crippen LogP contribution in [0.4, 0.5) is 0 Å². The van der Waals surface area contributed by atoms with E-state index in [1.165, 1.54) is 6.20 Å². The molecule has 0 aliphatic heterocycles. The molecule has 0 saturated heterocycles. The third-order valence-electron chi connectivity index (χ3n) is 2.27. The molecule has 0 radical (unpaired) electrons. The summed E-state index contributed by atoms with van der Waals surface area (Å²) >= 11 is 0. The number of nitrogens with zero attached hydrogens (tertiary/aromatic N) is 2. The molecule has 0 spiro atoms. The van der Waals surface area contributed by atoms with E-state index in [0.29, 0.717) is 19.5 Å². The van der Waals surface area contributed by atoms with Crippen molar-refractivity contribution in [1.82, 2.24) is 15.6 Å². The van der Waals surface area contributed by atoms with Gasteiger partial charge in [-0.15, -0.1) is 0 Å². The van der Waals surface area contributed by atoms with Gasteiger partial charge >= 0.3 is 0 Å². The van der Waals surface area contributed by atoms with Gasteiger partial charge in [0.15, 0.2) is 0 Å². The highest BCUT2D eigenvalue weighted by Crippen LogP contribution is 1.96. The summed E-state index contributed by atoms with van der Waals surface area (Å²) in [5.41, 5.74) is 0.864. The molecule has 1 rings (SSSR count).